The molecule has 2 aromatic rings. The van der Waals surface area contributed by atoms with E-state index in [4.69, 9.17) is 9.47 Å². The molecule has 3 rings (SSSR count). The van der Waals surface area contributed by atoms with Crippen molar-refractivity contribution in [2.75, 3.05) is 51.1 Å². The molecule has 1 amide bonds. The van der Waals surface area contributed by atoms with Crippen molar-refractivity contribution in [3.63, 3.8) is 0 Å². The molecule has 1 saturated heterocycles. The summed E-state index contributed by atoms with van der Waals surface area (Å²) >= 11 is 0. The molecule has 0 saturated carbocycles. The predicted molar refractivity (Wildman–Crippen MR) is 111 cm³/mol. The number of aromatic nitrogens is 2. The predicted octanol–water partition coefficient (Wildman–Crippen LogP) is 3.33. The number of nitrogens with one attached hydrogen (secondary N) is 2. The van der Waals surface area contributed by atoms with Crippen LogP contribution in [0.15, 0.2) is 24.4 Å². The molecular weight excluding hydrogens is 415 g/mol. The van der Waals surface area contributed by atoms with Gasteiger partial charge in [-0.2, -0.15) is 18.2 Å². The molecule has 2 N–H and O–H groups in total. The summed E-state index contributed by atoms with van der Waals surface area (Å²) in [7, 11) is 2.81. The Kier molecular flexibility index (Phi) is 8.03. The van der Waals surface area contributed by atoms with Crippen LogP contribution in [-0.4, -0.2) is 61.2 Å². The van der Waals surface area contributed by atoms with E-state index in [0.29, 0.717) is 43.9 Å². The third-order valence-electron chi connectivity index (χ3n) is 4.56. The van der Waals surface area contributed by atoms with Gasteiger partial charge in [-0.3, -0.25) is 4.79 Å². The lowest BCUT2D eigenvalue weighted by atomic mass is 10.1. The van der Waals surface area contributed by atoms with Crippen LogP contribution in [0, 0.1) is 0 Å². The molecule has 31 heavy (non-hydrogen) atoms. The number of halogens is 3. The molecule has 0 aliphatic carbocycles. The fourth-order valence-electron chi connectivity index (χ4n) is 3.01. The van der Waals surface area contributed by atoms with E-state index < -0.39 is 11.7 Å². The Labute approximate surface area is 178 Å². The topological polar surface area (TPSA) is 88.6 Å². The standard InChI is InChI=1S/C19H22F3N5O3.CH4/c1-23-17-13(19(20,21)22)11-24-18(26-17)25-14-4-3-12(9-15(14)29-2)10-16(28)27-5-7-30-8-6-27;/h3-4,9,11H,5-8,10H2,1-2H3,(H2,23,24,25,26);1H4. The summed E-state index contributed by atoms with van der Waals surface area (Å²) in [5.74, 6) is 0.0390. The van der Waals surface area contributed by atoms with Crippen molar-refractivity contribution in [3.05, 3.63) is 35.5 Å². The Balaban J connectivity index is 0.00000341. The number of ether oxygens (including phenoxy) is 2. The Bertz CT molecular complexity index is 902. The van der Waals surface area contributed by atoms with Crippen molar-refractivity contribution in [1.82, 2.24) is 14.9 Å². The van der Waals surface area contributed by atoms with Gasteiger partial charge in [-0.1, -0.05) is 13.5 Å². The average Bonchev–Trinajstić information content (AvgIpc) is 2.74. The average molecular weight is 441 g/mol. The van der Waals surface area contributed by atoms with Gasteiger partial charge in [-0.05, 0) is 17.7 Å². The number of anilines is 3. The van der Waals surface area contributed by atoms with Gasteiger partial charge in [0, 0.05) is 26.3 Å². The van der Waals surface area contributed by atoms with Gasteiger partial charge in [0.15, 0.2) is 0 Å². The van der Waals surface area contributed by atoms with Crippen LogP contribution < -0.4 is 15.4 Å². The zero-order valence-electron chi connectivity index (χ0n) is 16.5. The normalized spacial score (nSPS) is 13.9. The quantitative estimate of drug-likeness (QED) is 0.711. The molecule has 8 nitrogen and oxygen atoms in total. The van der Waals surface area contributed by atoms with Crippen molar-refractivity contribution in [2.24, 2.45) is 0 Å². The molecule has 0 atom stereocenters. The Morgan fingerprint density at radius 2 is 2.00 bits per heavy atom. The van der Waals surface area contributed by atoms with Crippen LogP contribution in [0.2, 0.25) is 0 Å². The number of carbonyl (C=O) groups excluding carboxylic acids is 1. The molecule has 1 aromatic heterocycles. The minimum Gasteiger partial charge on any atom is -0.495 e. The summed E-state index contributed by atoms with van der Waals surface area (Å²) < 4.78 is 49.6. The molecule has 1 aliphatic heterocycles. The van der Waals surface area contributed by atoms with Gasteiger partial charge in [0.05, 0.1) is 32.4 Å². The van der Waals surface area contributed by atoms with E-state index in [0.717, 1.165) is 5.56 Å². The van der Waals surface area contributed by atoms with E-state index in [9.17, 15) is 18.0 Å². The Hall–Kier alpha value is -3.08. The smallest absolute Gasteiger partial charge is 0.421 e. The highest BCUT2D eigenvalue weighted by Gasteiger charge is 2.35. The molecule has 1 aromatic carbocycles. The maximum atomic E-state index is 13.0. The highest BCUT2D eigenvalue weighted by molar-refractivity contribution is 5.79. The Morgan fingerprint density at radius 1 is 1.29 bits per heavy atom. The van der Waals surface area contributed by atoms with Crippen LogP contribution in [-0.2, 0) is 22.1 Å². The summed E-state index contributed by atoms with van der Waals surface area (Å²) in [5.41, 5.74) is 0.250. The molecule has 1 aliphatic rings. The number of nitrogens with zero attached hydrogens (tertiary/aromatic N) is 3. The molecule has 0 radical (unpaired) electrons. The summed E-state index contributed by atoms with van der Waals surface area (Å²) in [6.45, 7) is 2.18. The molecular formula is C20H26F3N5O3. The first-order valence-electron chi connectivity index (χ1n) is 9.23. The van der Waals surface area contributed by atoms with Gasteiger partial charge >= 0.3 is 6.18 Å². The van der Waals surface area contributed by atoms with Gasteiger partial charge < -0.3 is 25.0 Å². The molecule has 1 fully saturated rings. The third kappa shape index (κ3) is 5.97. The molecule has 0 bridgehead atoms. The molecule has 170 valence electrons. The van der Waals surface area contributed by atoms with E-state index in [-0.39, 0.29) is 31.5 Å². The largest absolute Gasteiger partial charge is 0.495 e. The van der Waals surface area contributed by atoms with Crippen molar-refractivity contribution >= 4 is 23.4 Å². The number of methoxy groups -OCH3 is 1. The molecule has 11 heteroatoms. The number of carbonyl (C=O) groups is 1. The zero-order valence-corrected chi connectivity index (χ0v) is 16.5. The minimum absolute atomic E-state index is 0. The zero-order chi connectivity index (χ0) is 21.7. The van der Waals surface area contributed by atoms with Crippen molar-refractivity contribution < 1.29 is 27.4 Å². The second-order valence-electron chi connectivity index (χ2n) is 6.53. The lowest BCUT2D eigenvalue weighted by molar-refractivity contribution is -0.137. The summed E-state index contributed by atoms with van der Waals surface area (Å²) in [6.07, 6.45) is -3.65. The number of morpholine rings is 1. The number of hydrogen-bond donors (Lipinski definition) is 2. The first kappa shape index (κ1) is 24.2. The lowest BCUT2D eigenvalue weighted by Crippen LogP contribution is -2.41. The molecule has 2 heterocycles. The molecule has 0 spiro atoms. The van der Waals surface area contributed by atoms with Gasteiger partial charge in [0.2, 0.25) is 11.9 Å². The number of benzene rings is 1. The summed E-state index contributed by atoms with van der Waals surface area (Å²) in [4.78, 5) is 21.8. The number of rotatable bonds is 6. The number of alkyl halides is 3. The van der Waals surface area contributed by atoms with Crippen LogP contribution in [0.3, 0.4) is 0 Å². The van der Waals surface area contributed by atoms with Crippen LogP contribution in [0.4, 0.5) is 30.6 Å². The van der Waals surface area contributed by atoms with E-state index in [1.54, 1.807) is 23.1 Å². The first-order chi connectivity index (χ1) is 14.3. The number of amides is 1. The maximum Gasteiger partial charge on any atom is 0.421 e. The van der Waals surface area contributed by atoms with Crippen molar-refractivity contribution in [2.45, 2.75) is 20.0 Å². The van der Waals surface area contributed by atoms with Crippen LogP contribution in [0.1, 0.15) is 18.6 Å². The second kappa shape index (κ2) is 10.3. The van der Waals surface area contributed by atoms with Crippen molar-refractivity contribution in [1.29, 1.82) is 0 Å². The van der Waals surface area contributed by atoms with Crippen LogP contribution in [0.5, 0.6) is 5.75 Å². The minimum atomic E-state index is -4.57. The Morgan fingerprint density at radius 3 is 2.61 bits per heavy atom. The van der Waals surface area contributed by atoms with Crippen LogP contribution >= 0.6 is 0 Å². The summed E-state index contributed by atoms with van der Waals surface area (Å²) in [6, 6.07) is 5.11. The fourth-order valence-corrected chi connectivity index (χ4v) is 3.01. The van der Waals surface area contributed by atoms with E-state index in [2.05, 4.69) is 20.6 Å². The van der Waals surface area contributed by atoms with Gasteiger partial charge in [-0.15, -0.1) is 0 Å². The third-order valence-corrected chi connectivity index (χ3v) is 4.56. The van der Waals surface area contributed by atoms with Gasteiger partial charge in [-0.25, -0.2) is 4.98 Å². The number of hydrogen-bond acceptors (Lipinski definition) is 7. The van der Waals surface area contributed by atoms with Crippen molar-refractivity contribution in [3.8, 4) is 5.75 Å². The molecule has 0 unspecified atom stereocenters. The fraction of sp³-hybridized carbons (Fsp3) is 0.450. The van der Waals surface area contributed by atoms with E-state index in [1.165, 1.54) is 14.2 Å². The first-order valence-corrected chi connectivity index (χ1v) is 9.23. The summed E-state index contributed by atoms with van der Waals surface area (Å²) in [5, 5.41) is 5.28. The maximum absolute atomic E-state index is 13.0. The SMILES string of the molecule is C.CNc1nc(Nc2ccc(CC(=O)N3CCOCC3)cc2OC)ncc1C(F)(F)F. The van der Waals surface area contributed by atoms with Crippen LogP contribution in [0.25, 0.3) is 0 Å². The monoisotopic (exact) mass is 441 g/mol. The second-order valence-corrected chi connectivity index (χ2v) is 6.53. The highest BCUT2D eigenvalue weighted by Crippen LogP contribution is 2.34. The van der Waals surface area contributed by atoms with E-state index in [1.807, 2.05) is 0 Å². The highest BCUT2D eigenvalue weighted by atomic mass is 19.4. The lowest BCUT2D eigenvalue weighted by Gasteiger charge is -2.27. The van der Waals surface area contributed by atoms with Gasteiger partial charge in [0.1, 0.15) is 17.1 Å². The van der Waals surface area contributed by atoms with Gasteiger partial charge in [0.25, 0.3) is 0 Å². The van der Waals surface area contributed by atoms with E-state index >= 15 is 0 Å².